The SMILES string of the molecule is CCC(=O)O[C@@](Cc1ccccc1)(c1ccccc1)[C@@H](C)CNC. The first kappa shape index (κ1) is 18.2. The van der Waals surface area contributed by atoms with Crippen LogP contribution in [0.15, 0.2) is 60.7 Å². The summed E-state index contributed by atoms with van der Waals surface area (Å²) in [7, 11) is 1.93. The lowest BCUT2D eigenvalue weighted by molar-refractivity contribution is -0.167. The lowest BCUT2D eigenvalue weighted by atomic mass is 9.77. The molecule has 128 valence electrons. The Labute approximate surface area is 145 Å². The fourth-order valence-electron chi connectivity index (χ4n) is 3.12. The Morgan fingerprint density at radius 3 is 2.21 bits per heavy atom. The van der Waals surface area contributed by atoms with Crippen LogP contribution in [0.5, 0.6) is 0 Å². The maximum absolute atomic E-state index is 12.3. The largest absolute Gasteiger partial charge is 0.453 e. The highest BCUT2D eigenvalue weighted by molar-refractivity contribution is 5.69. The molecule has 0 bridgehead atoms. The Morgan fingerprint density at radius 2 is 1.67 bits per heavy atom. The van der Waals surface area contributed by atoms with Gasteiger partial charge in [0, 0.05) is 25.3 Å². The van der Waals surface area contributed by atoms with Crippen molar-refractivity contribution >= 4 is 5.97 Å². The van der Waals surface area contributed by atoms with E-state index in [1.54, 1.807) is 0 Å². The minimum atomic E-state index is -0.682. The molecule has 2 aromatic rings. The zero-order chi connectivity index (χ0) is 17.4. The van der Waals surface area contributed by atoms with Gasteiger partial charge in [0.1, 0.15) is 5.60 Å². The molecule has 0 fully saturated rings. The summed E-state index contributed by atoms with van der Waals surface area (Å²) in [5, 5.41) is 3.23. The summed E-state index contributed by atoms with van der Waals surface area (Å²) in [6, 6.07) is 20.3. The number of carbonyl (C=O) groups is 1. The third-order valence-corrected chi connectivity index (χ3v) is 4.46. The molecule has 2 rings (SSSR count). The fourth-order valence-corrected chi connectivity index (χ4v) is 3.12. The highest BCUT2D eigenvalue weighted by Crippen LogP contribution is 2.37. The molecule has 0 radical (unpaired) electrons. The van der Waals surface area contributed by atoms with E-state index in [1.807, 2.05) is 50.4 Å². The van der Waals surface area contributed by atoms with Crippen LogP contribution < -0.4 is 5.32 Å². The van der Waals surface area contributed by atoms with E-state index in [-0.39, 0.29) is 11.9 Å². The quantitative estimate of drug-likeness (QED) is 0.747. The summed E-state index contributed by atoms with van der Waals surface area (Å²) >= 11 is 0. The number of nitrogens with one attached hydrogen (secondary N) is 1. The zero-order valence-corrected chi connectivity index (χ0v) is 14.8. The first-order chi connectivity index (χ1) is 11.6. The van der Waals surface area contributed by atoms with Gasteiger partial charge in [0.25, 0.3) is 0 Å². The molecule has 0 amide bonds. The van der Waals surface area contributed by atoms with Crippen molar-refractivity contribution in [1.82, 2.24) is 5.32 Å². The third kappa shape index (κ3) is 4.24. The average molecular weight is 325 g/mol. The van der Waals surface area contributed by atoms with E-state index in [9.17, 15) is 4.79 Å². The molecule has 0 aromatic heterocycles. The van der Waals surface area contributed by atoms with Crippen molar-refractivity contribution in [3.8, 4) is 0 Å². The highest BCUT2D eigenvalue weighted by Gasteiger charge is 2.41. The van der Waals surface area contributed by atoms with Crippen molar-refractivity contribution in [2.45, 2.75) is 32.3 Å². The van der Waals surface area contributed by atoms with Crippen molar-refractivity contribution in [3.05, 3.63) is 71.8 Å². The van der Waals surface area contributed by atoms with Crippen molar-refractivity contribution in [2.75, 3.05) is 13.6 Å². The normalized spacial score (nSPS) is 14.6. The number of benzene rings is 2. The maximum atomic E-state index is 12.3. The minimum absolute atomic E-state index is 0.126. The van der Waals surface area contributed by atoms with Crippen molar-refractivity contribution in [3.63, 3.8) is 0 Å². The molecule has 0 aliphatic heterocycles. The van der Waals surface area contributed by atoms with Gasteiger partial charge in [-0.05, 0) is 18.2 Å². The molecule has 2 atom stereocenters. The van der Waals surface area contributed by atoms with Crippen molar-refractivity contribution in [2.24, 2.45) is 5.92 Å². The summed E-state index contributed by atoms with van der Waals surface area (Å²) in [5.74, 6) is -0.0432. The number of carbonyl (C=O) groups excluding carboxylic acids is 1. The Balaban J connectivity index is 2.51. The second kappa shape index (κ2) is 8.65. The van der Waals surface area contributed by atoms with Crippen molar-refractivity contribution in [1.29, 1.82) is 0 Å². The predicted molar refractivity (Wildman–Crippen MR) is 97.7 cm³/mol. The van der Waals surface area contributed by atoms with Crippen LogP contribution >= 0.6 is 0 Å². The lowest BCUT2D eigenvalue weighted by Gasteiger charge is -2.39. The Morgan fingerprint density at radius 1 is 1.08 bits per heavy atom. The van der Waals surface area contributed by atoms with E-state index in [0.29, 0.717) is 12.8 Å². The van der Waals surface area contributed by atoms with E-state index >= 15 is 0 Å². The molecule has 0 spiro atoms. The summed E-state index contributed by atoms with van der Waals surface area (Å²) in [5.41, 5.74) is 1.52. The molecule has 0 unspecified atom stereocenters. The second-order valence-electron chi connectivity index (χ2n) is 6.20. The highest BCUT2D eigenvalue weighted by atomic mass is 16.6. The Bertz CT molecular complexity index is 627. The fraction of sp³-hybridized carbons (Fsp3) is 0.381. The standard InChI is InChI=1S/C21H27NO2/c1-4-20(23)24-21(17(2)16-22-3,19-13-9-6-10-14-19)15-18-11-7-5-8-12-18/h5-14,17,22H,4,15-16H2,1-3H3/t17-,21+/m0/s1. The zero-order valence-electron chi connectivity index (χ0n) is 14.8. The van der Waals surface area contributed by atoms with Crippen LogP contribution in [-0.4, -0.2) is 19.6 Å². The van der Waals surface area contributed by atoms with Crippen LogP contribution in [-0.2, 0) is 21.6 Å². The van der Waals surface area contributed by atoms with Gasteiger partial charge in [-0.15, -0.1) is 0 Å². The number of ether oxygens (including phenoxy) is 1. The van der Waals surface area contributed by atoms with Crippen LogP contribution in [0.25, 0.3) is 0 Å². The topological polar surface area (TPSA) is 38.3 Å². The van der Waals surface area contributed by atoms with E-state index in [2.05, 4.69) is 36.5 Å². The summed E-state index contributed by atoms with van der Waals surface area (Å²) in [6.45, 7) is 4.73. The van der Waals surface area contributed by atoms with E-state index < -0.39 is 5.60 Å². The number of rotatable bonds is 8. The molecule has 0 saturated carbocycles. The van der Waals surface area contributed by atoms with Crippen LogP contribution in [0.3, 0.4) is 0 Å². The van der Waals surface area contributed by atoms with Gasteiger partial charge in [-0.1, -0.05) is 74.5 Å². The Hall–Kier alpha value is -2.13. The predicted octanol–water partition coefficient (Wildman–Crippen LogP) is 3.93. The molecule has 24 heavy (non-hydrogen) atoms. The van der Waals surface area contributed by atoms with Gasteiger partial charge < -0.3 is 10.1 Å². The minimum Gasteiger partial charge on any atom is -0.453 e. The molecule has 3 nitrogen and oxygen atoms in total. The Kier molecular flexibility index (Phi) is 6.56. The van der Waals surface area contributed by atoms with Crippen LogP contribution in [0, 0.1) is 5.92 Å². The van der Waals surface area contributed by atoms with Gasteiger partial charge in [-0.3, -0.25) is 4.79 Å². The van der Waals surface area contributed by atoms with Gasteiger partial charge in [0.2, 0.25) is 0 Å². The number of esters is 1. The first-order valence-electron chi connectivity index (χ1n) is 8.58. The third-order valence-electron chi connectivity index (χ3n) is 4.46. The summed E-state index contributed by atoms with van der Waals surface area (Å²) in [6.07, 6.45) is 1.03. The smallest absolute Gasteiger partial charge is 0.306 e. The molecule has 0 heterocycles. The van der Waals surface area contributed by atoms with Crippen LogP contribution in [0.2, 0.25) is 0 Å². The van der Waals surface area contributed by atoms with E-state index in [0.717, 1.165) is 17.7 Å². The van der Waals surface area contributed by atoms with Crippen molar-refractivity contribution < 1.29 is 9.53 Å². The first-order valence-corrected chi connectivity index (χ1v) is 8.58. The van der Waals surface area contributed by atoms with E-state index in [1.165, 1.54) is 0 Å². The number of hydrogen-bond donors (Lipinski definition) is 1. The molecule has 3 heteroatoms. The molecule has 1 N–H and O–H groups in total. The lowest BCUT2D eigenvalue weighted by Crippen LogP contribution is -2.44. The molecular formula is C21H27NO2. The molecule has 0 aliphatic carbocycles. The van der Waals surface area contributed by atoms with Gasteiger partial charge in [0.15, 0.2) is 0 Å². The molecule has 2 aromatic carbocycles. The molecule has 0 aliphatic rings. The average Bonchev–Trinajstić information content (AvgIpc) is 2.62. The van der Waals surface area contributed by atoms with Gasteiger partial charge in [0.05, 0.1) is 0 Å². The summed E-state index contributed by atoms with van der Waals surface area (Å²) < 4.78 is 6.11. The monoisotopic (exact) mass is 325 g/mol. The maximum Gasteiger partial charge on any atom is 0.306 e. The van der Waals surface area contributed by atoms with E-state index in [4.69, 9.17) is 4.74 Å². The van der Waals surface area contributed by atoms with Crippen LogP contribution in [0.1, 0.15) is 31.4 Å². The van der Waals surface area contributed by atoms with Gasteiger partial charge in [-0.2, -0.15) is 0 Å². The molecule has 0 saturated heterocycles. The number of hydrogen-bond acceptors (Lipinski definition) is 3. The second-order valence-corrected chi connectivity index (χ2v) is 6.20. The van der Waals surface area contributed by atoms with Gasteiger partial charge >= 0.3 is 5.97 Å². The van der Waals surface area contributed by atoms with Gasteiger partial charge in [-0.25, -0.2) is 0 Å². The molecular weight excluding hydrogens is 298 g/mol. The van der Waals surface area contributed by atoms with Crippen LogP contribution in [0.4, 0.5) is 0 Å². The summed E-state index contributed by atoms with van der Waals surface area (Å²) in [4.78, 5) is 12.3.